The molecule has 2 heterocycles. The van der Waals surface area contributed by atoms with Gasteiger partial charge in [0.2, 0.25) is 0 Å². The van der Waals surface area contributed by atoms with Crippen LogP contribution in [0.3, 0.4) is 0 Å². The van der Waals surface area contributed by atoms with Crippen molar-refractivity contribution in [1.29, 1.82) is 0 Å². The van der Waals surface area contributed by atoms with Gasteiger partial charge in [-0.1, -0.05) is 0 Å². The molecule has 108 valence electrons. The molecule has 1 aromatic heterocycles. The lowest BCUT2D eigenvalue weighted by molar-refractivity contribution is -0.150. The number of rotatable bonds is 4. The van der Waals surface area contributed by atoms with Gasteiger partial charge < -0.3 is 9.47 Å². The number of carbonyl (C=O) groups is 2. The maximum Gasteiger partial charge on any atom is 0.320 e. The van der Waals surface area contributed by atoms with Gasteiger partial charge in [0.25, 0.3) is 0 Å². The number of aromatic nitrogens is 1. The standard InChI is InChI=1S/C15H19NO4/c1-9-8-16-12(10(2)13(9)19-4)7-15(11(3)17)5-6-20-14(15)18/h8H,5-7H2,1-4H3. The van der Waals surface area contributed by atoms with Crippen molar-refractivity contribution in [2.45, 2.75) is 33.6 Å². The van der Waals surface area contributed by atoms with E-state index in [0.717, 1.165) is 16.9 Å². The summed E-state index contributed by atoms with van der Waals surface area (Å²) in [6.45, 7) is 5.53. The molecule has 0 aromatic carbocycles. The van der Waals surface area contributed by atoms with Crippen LogP contribution in [-0.2, 0) is 20.7 Å². The first kappa shape index (κ1) is 14.5. The normalized spacial score (nSPS) is 21.7. The van der Waals surface area contributed by atoms with Crippen LogP contribution in [0.2, 0.25) is 0 Å². The fourth-order valence-corrected chi connectivity index (χ4v) is 2.70. The van der Waals surface area contributed by atoms with Crippen molar-refractivity contribution in [1.82, 2.24) is 4.98 Å². The summed E-state index contributed by atoms with van der Waals surface area (Å²) < 4.78 is 10.4. The molecule has 5 heteroatoms. The van der Waals surface area contributed by atoms with Gasteiger partial charge in [0, 0.05) is 35.9 Å². The molecule has 2 rings (SSSR count). The molecule has 0 aliphatic carbocycles. The molecule has 0 radical (unpaired) electrons. The van der Waals surface area contributed by atoms with Crippen LogP contribution in [0, 0.1) is 19.3 Å². The molecule has 1 aliphatic heterocycles. The minimum Gasteiger partial charge on any atom is -0.496 e. The lowest BCUT2D eigenvalue weighted by Gasteiger charge is -2.22. The molecule has 1 aromatic rings. The van der Waals surface area contributed by atoms with E-state index in [1.165, 1.54) is 6.92 Å². The van der Waals surface area contributed by atoms with E-state index in [0.29, 0.717) is 18.7 Å². The van der Waals surface area contributed by atoms with Crippen molar-refractivity contribution in [3.05, 3.63) is 23.0 Å². The van der Waals surface area contributed by atoms with Gasteiger partial charge in [0.1, 0.15) is 16.9 Å². The Balaban J connectivity index is 2.43. The zero-order chi connectivity index (χ0) is 14.9. The molecule has 1 saturated heterocycles. The Bertz CT molecular complexity index is 567. The van der Waals surface area contributed by atoms with Gasteiger partial charge in [0.05, 0.1) is 13.7 Å². The summed E-state index contributed by atoms with van der Waals surface area (Å²) in [5, 5.41) is 0. The lowest BCUT2D eigenvalue weighted by Crippen LogP contribution is -2.37. The quantitative estimate of drug-likeness (QED) is 0.620. The highest BCUT2D eigenvalue weighted by molar-refractivity contribution is 6.04. The number of hydrogen-bond acceptors (Lipinski definition) is 5. The molecule has 0 spiro atoms. The minimum atomic E-state index is -1.09. The van der Waals surface area contributed by atoms with Crippen molar-refractivity contribution < 1.29 is 19.1 Å². The van der Waals surface area contributed by atoms with Crippen LogP contribution in [0.25, 0.3) is 0 Å². The average molecular weight is 277 g/mol. The van der Waals surface area contributed by atoms with Gasteiger partial charge in [-0.2, -0.15) is 0 Å². The molecule has 20 heavy (non-hydrogen) atoms. The fraction of sp³-hybridized carbons (Fsp3) is 0.533. The van der Waals surface area contributed by atoms with Crippen LogP contribution in [0.1, 0.15) is 30.2 Å². The Labute approximate surface area is 118 Å². The van der Waals surface area contributed by atoms with Gasteiger partial charge in [-0.25, -0.2) is 0 Å². The Morgan fingerprint density at radius 3 is 2.70 bits per heavy atom. The van der Waals surface area contributed by atoms with E-state index in [9.17, 15) is 9.59 Å². The average Bonchev–Trinajstić information content (AvgIpc) is 2.76. The maximum atomic E-state index is 12.0. The largest absolute Gasteiger partial charge is 0.496 e. The van der Waals surface area contributed by atoms with Crippen molar-refractivity contribution in [2.24, 2.45) is 5.41 Å². The van der Waals surface area contributed by atoms with E-state index < -0.39 is 11.4 Å². The molecule has 1 atom stereocenters. The lowest BCUT2D eigenvalue weighted by atomic mass is 9.77. The predicted octanol–water partition coefficient (Wildman–Crippen LogP) is 1.77. The number of pyridine rings is 1. The van der Waals surface area contributed by atoms with E-state index in [-0.39, 0.29) is 12.2 Å². The van der Waals surface area contributed by atoms with Crippen molar-refractivity contribution in [2.75, 3.05) is 13.7 Å². The molecule has 1 fully saturated rings. The maximum absolute atomic E-state index is 12.0. The number of aryl methyl sites for hydroxylation is 1. The summed E-state index contributed by atoms with van der Waals surface area (Å²) in [5.74, 6) is 0.145. The van der Waals surface area contributed by atoms with Gasteiger partial charge in [0.15, 0.2) is 0 Å². The smallest absolute Gasteiger partial charge is 0.320 e. The highest BCUT2D eigenvalue weighted by Gasteiger charge is 2.49. The Kier molecular flexibility index (Phi) is 3.79. The summed E-state index contributed by atoms with van der Waals surface area (Å²) in [4.78, 5) is 28.3. The summed E-state index contributed by atoms with van der Waals surface area (Å²) in [7, 11) is 1.60. The van der Waals surface area contributed by atoms with E-state index in [1.54, 1.807) is 13.3 Å². The number of carbonyl (C=O) groups excluding carboxylic acids is 2. The zero-order valence-electron chi connectivity index (χ0n) is 12.3. The number of esters is 1. The molecule has 5 nitrogen and oxygen atoms in total. The van der Waals surface area contributed by atoms with Crippen molar-refractivity contribution in [3.63, 3.8) is 0 Å². The molecule has 0 bridgehead atoms. The number of methoxy groups -OCH3 is 1. The molecule has 0 amide bonds. The zero-order valence-corrected chi connectivity index (χ0v) is 12.3. The second-order valence-electron chi connectivity index (χ2n) is 5.25. The second-order valence-corrected chi connectivity index (χ2v) is 5.25. The van der Waals surface area contributed by atoms with Crippen molar-refractivity contribution >= 4 is 11.8 Å². The third-order valence-corrected chi connectivity index (χ3v) is 4.05. The number of Topliss-reactive ketones (excluding diaryl/α,β-unsaturated/α-hetero) is 1. The van der Waals surface area contributed by atoms with Crippen molar-refractivity contribution in [3.8, 4) is 5.75 Å². The highest BCUT2D eigenvalue weighted by atomic mass is 16.5. The Morgan fingerprint density at radius 2 is 2.20 bits per heavy atom. The SMILES string of the molecule is COc1c(C)cnc(CC2(C(C)=O)CCOC2=O)c1C. The summed E-state index contributed by atoms with van der Waals surface area (Å²) in [6.07, 6.45) is 2.39. The number of ketones is 1. The van der Waals surface area contributed by atoms with Gasteiger partial charge in [-0.15, -0.1) is 0 Å². The topological polar surface area (TPSA) is 65.5 Å². The third-order valence-electron chi connectivity index (χ3n) is 4.05. The Morgan fingerprint density at radius 1 is 1.50 bits per heavy atom. The van der Waals surface area contributed by atoms with Crippen LogP contribution in [0.15, 0.2) is 6.20 Å². The summed E-state index contributed by atoms with van der Waals surface area (Å²) in [6, 6.07) is 0. The van der Waals surface area contributed by atoms with E-state index >= 15 is 0 Å². The number of ether oxygens (including phenoxy) is 2. The van der Waals surface area contributed by atoms with Crippen LogP contribution in [0.4, 0.5) is 0 Å². The van der Waals surface area contributed by atoms with Gasteiger partial charge in [-0.3, -0.25) is 14.6 Å². The molecule has 1 aliphatic rings. The summed E-state index contributed by atoms with van der Waals surface area (Å²) in [5.41, 5.74) is 1.42. The first-order valence-corrected chi connectivity index (χ1v) is 6.59. The minimum absolute atomic E-state index is 0.166. The van der Waals surface area contributed by atoms with E-state index in [2.05, 4.69) is 4.98 Å². The molecular weight excluding hydrogens is 258 g/mol. The van der Waals surface area contributed by atoms with Gasteiger partial charge >= 0.3 is 5.97 Å². The number of hydrogen-bond donors (Lipinski definition) is 0. The third kappa shape index (κ3) is 2.17. The highest BCUT2D eigenvalue weighted by Crippen LogP contribution is 2.36. The van der Waals surface area contributed by atoms with Crippen LogP contribution >= 0.6 is 0 Å². The molecule has 1 unspecified atom stereocenters. The van der Waals surface area contributed by atoms with E-state index in [4.69, 9.17) is 9.47 Å². The fourth-order valence-electron chi connectivity index (χ4n) is 2.70. The number of cyclic esters (lactones) is 1. The summed E-state index contributed by atoms with van der Waals surface area (Å²) >= 11 is 0. The van der Waals surface area contributed by atoms with Crippen LogP contribution in [0.5, 0.6) is 5.75 Å². The molecule has 0 saturated carbocycles. The van der Waals surface area contributed by atoms with Crippen LogP contribution in [-0.4, -0.2) is 30.5 Å². The van der Waals surface area contributed by atoms with Gasteiger partial charge in [-0.05, 0) is 20.8 Å². The predicted molar refractivity (Wildman–Crippen MR) is 72.7 cm³/mol. The first-order valence-electron chi connectivity index (χ1n) is 6.59. The number of nitrogens with zero attached hydrogens (tertiary/aromatic N) is 1. The Hall–Kier alpha value is -1.91. The van der Waals surface area contributed by atoms with Crippen LogP contribution < -0.4 is 4.74 Å². The van der Waals surface area contributed by atoms with E-state index in [1.807, 2.05) is 13.8 Å². The molecular formula is C15H19NO4. The first-order chi connectivity index (χ1) is 9.42. The molecule has 0 N–H and O–H groups in total. The second kappa shape index (κ2) is 5.23. The monoisotopic (exact) mass is 277 g/mol.